The van der Waals surface area contributed by atoms with Crippen LogP contribution in [0.3, 0.4) is 0 Å². The lowest BCUT2D eigenvalue weighted by Gasteiger charge is -2.14. The summed E-state index contributed by atoms with van der Waals surface area (Å²) in [4.78, 5) is 11.7. The van der Waals surface area contributed by atoms with Crippen molar-refractivity contribution >= 4 is 21.7 Å². The van der Waals surface area contributed by atoms with Crippen LogP contribution in [0, 0.1) is 6.92 Å². The van der Waals surface area contributed by atoms with E-state index in [1.165, 1.54) is 30.3 Å². The summed E-state index contributed by atoms with van der Waals surface area (Å²) >= 11 is 0. The molecular formula is C16H15N5O4S. The van der Waals surface area contributed by atoms with Gasteiger partial charge in [-0.2, -0.15) is 4.68 Å². The Bertz CT molecular complexity index is 1050. The summed E-state index contributed by atoms with van der Waals surface area (Å²) in [6.07, 6.45) is 1.36. The molecule has 0 aliphatic rings. The SMILES string of the molecule is COC(=O)c1ccc(C)c(S(=O)(=O)Nc2ccccc2-n2cnnn2)c1. The zero-order valence-corrected chi connectivity index (χ0v) is 14.8. The highest BCUT2D eigenvalue weighted by Crippen LogP contribution is 2.25. The van der Waals surface area contributed by atoms with Gasteiger partial charge in [-0.3, -0.25) is 4.72 Å². The Hall–Kier alpha value is -3.27. The summed E-state index contributed by atoms with van der Waals surface area (Å²) in [6, 6.07) is 11.0. The quantitative estimate of drug-likeness (QED) is 0.675. The van der Waals surface area contributed by atoms with Crippen molar-refractivity contribution in [2.75, 3.05) is 11.8 Å². The Kier molecular flexibility index (Phi) is 4.67. The van der Waals surface area contributed by atoms with E-state index in [4.69, 9.17) is 0 Å². The molecule has 3 rings (SSSR count). The standard InChI is InChI=1S/C16H15N5O4S/c1-11-7-8-12(16(22)25-2)9-15(11)26(23,24)18-13-5-3-4-6-14(13)21-10-17-19-20-21/h3-10,18H,1-2H3. The van der Waals surface area contributed by atoms with Gasteiger partial charge in [-0.1, -0.05) is 18.2 Å². The Morgan fingerprint density at radius 2 is 1.96 bits per heavy atom. The second-order valence-electron chi connectivity index (χ2n) is 5.35. The highest BCUT2D eigenvalue weighted by molar-refractivity contribution is 7.92. The molecule has 1 heterocycles. The van der Waals surface area contributed by atoms with E-state index in [0.717, 1.165) is 0 Å². The van der Waals surface area contributed by atoms with Crippen LogP contribution in [0.25, 0.3) is 5.69 Å². The fourth-order valence-electron chi connectivity index (χ4n) is 2.37. The summed E-state index contributed by atoms with van der Waals surface area (Å²) in [7, 11) is -2.73. The van der Waals surface area contributed by atoms with Crippen molar-refractivity contribution in [2.24, 2.45) is 0 Å². The van der Waals surface area contributed by atoms with Crippen LogP contribution in [0.15, 0.2) is 53.7 Å². The molecule has 0 aliphatic carbocycles. The van der Waals surface area contributed by atoms with Gasteiger partial charge in [0.1, 0.15) is 6.33 Å². The minimum Gasteiger partial charge on any atom is -0.465 e. The second-order valence-corrected chi connectivity index (χ2v) is 7.00. The Labute approximate surface area is 149 Å². The van der Waals surface area contributed by atoms with E-state index in [1.807, 2.05) is 0 Å². The van der Waals surface area contributed by atoms with Gasteiger partial charge in [0.05, 0.1) is 28.9 Å². The minimum atomic E-state index is -3.96. The normalized spacial score (nSPS) is 11.2. The first-order valence-corrected chi connectivity index (χ1v) is 8.95. The first-order chi connectivity index (χ1) is 12.4. The second kappa shape index (κ2) is 6.92. The summed E-state index contributed by atoms with van der Waals surface area (Å²) in [5.41, 5.74) is 1.39. The lowest BCUT2D eigenvalue weighted by molar-refractivity contribution is 0.0600. The highest BCUT2D eigenvalue weighted by atomic mass is 32.2. The van der Waals surface area contributed by atoms with Gasteiger partial charge in [-0.15, -0.1) is 5.10 Å². The van der Waals surface area contributed by atoms with Crippen molar-refractivity contribution in [3.05, 3.63) is 59.9 Å². The zero-order valence-electron chi connectivity index (χ0n) is 13.9. The topological polar surface area (TPSA) is 116 Å². The van der Waals surface area contributed by atoms with E-state index in [0.29, 0.717) is 16.9 Å². The molecule has 0 saturated carbocycles. The molecule has 0 fully saturated rings. The number of aromatic nitrogens is 4. The minimum absolute atomic E-state index is 0.0214. The van der Waals surface area contributed by atoms with Gasteiger partial charge in [-0.05, 0) is 47.2 Å². The highest BCUT2D eigenvalue weighted by Gasteiger charge is 2.21. The van der Waals surface area contributed by atoms with Gasteiger partial charge in [0, 0.05) is 0 Å². The molecular weight excluding hydrogens is 358 g/mol. The fourth-order valence-corrected chi connectivity index (χ4v) is 3.71. The van der Waals surface area contributed by atoms with Gasteiger partial charge in [0.25, 0.3) is 10.0 Å². The van der Waals surface area contributed by atoms with Gasteiger partial charge < -0.3 is 4.74 Å². The summed E-state index contributed by atoms with van der Waals surface area (Å²) in [5.74, 6) is -0.615. The van der Waals surface area contributed by atoms with Crippen molar-refractivity contribution in [2.45, 2.75) is 11.8 Å². The van der Waals surface area contributed by atoms with Gasteiger partial charge in [0.15, 0.2) is 0 Å². The van der Waals surface area contributed by atoms with Crippen LogP contribution in [0.4, 0.5) is 5.69 Å². The molecule has 134 valence electrons. The number of methoxy groups -OCH3 is 1. The van der Waals surface area contributed by atoms with Crippen molar-refractivity contribution in [3.8, 4) is 5.69 Å². The number of nitrogens with zero attached hydrogens (tertiary/aromatic N) is 4. The maximum Gasteiger partial charge on any atom is 0.337 e. The number of rotatable bonds is 5. The number of carbonyl (C=O) groups is 1. The van der Waals surface area contributed by atoms with Crippen LogP contribution >= 0.6 is 0 Å². The number of para-hydroxylation sites is 2. The van der Waals surface area contributed by atoms with Crippen LogP contribution in [0.1, 0.15) is 15.9 Å². The monoisotopic (exact) mass is 373 g/mol. The van der Waals surface area contributed by atoms with Crippen molar-refractivity contribution in [1.82, 2.24) is 20.2 Å². The molecule has 0 unspecified atom stereocenters. The Morgan fingerprint density at radius 3 is 2.65 bits per heavy atom. The zero-order chi connectivity index (χ0) is 18.7. The number of ether oxygens (including phenoxy) is 1. The number of nitrogens with one attached hydrogen (secondary N) is 1. The number of sulfonamides is 1. The molecule has 26 heavy (non-hydrogen) atoms. The molecule has 0 saturated heterocycles. The Morgan fingerprint density at radius 1 is 1.19 bits per heavy atom. The van der Waals surface area contributed by atoms with Gasteiger partial charge >= 0.3 is 5.97 Å². The molecule has 2 aromatic carbocycles. The number of hydrogen-bond acceptors (Lipinski definition) is 7. The number of carbonyl (C=O) groups excluding carboxylic acids is 1. The van der Waals surface area contributed by atoms with Gasteiger partial charge in [-0.25, -0.2) is 13.2 Å². The smallest absolute Gasteiger partial charge is 0.337 e. The lowest BCUT2D eigenvalue weighted by Crippen LogP contribution is -2.17. The van der Waals surface area contributed by atoms with E-state index in [-0.39, 0.29) is 10.5 Å². The number of benzene rings is 2. The molecule has 0 radical (unpaired) electrons. The molecule has 0 spiro atoms. The first-order valence-electron chi connectivity index (χ1n) is 7.46. The van der Waals surface area contributed by atoms with E-state index in [2.05, 4.69) is 25.0 Å². The molecule has 0 aliphatic heterocycles. The van der Waals surface area contributed by atoms with Crippen LogP contribution in [-0.2, 0) is 14.8 Å². The summed E-state index contributed by atoms with van der Waals surface area (Å²) in [6.45, 7) is 1.64. The van der Waals surface area contributed by atoms with Crippen LogP contribution in [-0.4, -0.2) is 41.7 Å². The van der Waals surface area contributed by atoms with Crippen LogP contribution in [0.5, 0.6) is 0 Å². The summed E-state index contributed by atoms with van der Waals surface area (Å²) in [5, 5.41) is 10.9. The third kappa shape index (κ3) is 3.40. The third-order valence-electron chi connectivity index (χ3n) is 3.64. The van der Waals surface area contributed by atoms with Crippen molar-refractivity contribution in [3.63, 3.8) is 0 Å². The molecule has 0 bridgehead atoms. The molecule has 1 N–H and O–H groups in total. The first kappa shape index (κ1) is 17.5. The molecule has 0 amide bonds. The number of tetrazole rings is 1. The van der Waals surface area contributed by atoms with E-state index in [9.17, 15) is 13.2 Å². The van der Waals surface area contributed by atoms with Gasteiger partial charge in [0.2, 0.25) is 0 Å². The number of aryl methyl sites for hydroxylation is 1. The predicted octanol–water partition coefficient (Wildman–Crippen LogP) is 1.56. The number of hydrogen-bond donors (Lipinski definition) is 1. The van der Waals surface area contributed by atoms with E-state index < -0.39 is 16.0 Å². The third-order valence-corrected chi connectivity index (χ3v) is 5.15. The molecule has 1 aromatic heterocycles. The van der Waals surface area contributed by atoms with Crippen LogP contribution < -0.4 is 4.72 Å². The maximum atomic E-state index is 12.9. The average Bonchev–Trinajstić information content (AvgIpc) is 3.16. The number of esters is 1. The van der Waals surface area contributed by atoms with Crippen LogP contribution in [0.2, 0.25) is 0 Å². The van der Waals surface area contributed by atoms with Crippen molar-refractivity contribution < 1.29 is 17.9 Å². The maximum absolute atomic E-state index is 12.9. The predicted molar refractivity (Wildman–Crippen MR) is 92.5 cm³/mol. The lowest BCUT2D eigenvalue weighted by atomic mass is 10.1. The molecule has 10 heteroatoms. The average molecular weight is 373 g/mol. The Balaban J connectivity index is 2.03. The molecule has 3 aromatic rings. The van der Waals surface area contributed by atoms with Crippen molar-refractivity contribution in [1.29, 1.82) is 0 Å². The fraction of sp³-hybridized carbons (Fsp3) is 0.125. The summed E-state index contributed by atoms with van der Waals surface area (Å²) < 4.78 is 34.3. The molecule has 0 atom stereocenters. The largest absolute Gasteiger partial charge is 0.465 e. The number of anilines is 1. The van der Waals surface area contributed by atoms with E-state index >= 15 is 0 Å². The molecule has 9 nitrogen and oxygen atoms in total. The van der Waals surface area contributed by atoms with E-state index in [1.54, 1.807) is 37.3 Å².